The summed E-state index contributed by atoms with van der Waals surface area (Å²) < 4.78 is 1.22. The van der Waals surface area contributed by atoms with Gasteiger partial charge in [0.05, 0.1) is 0 Å². The van der Waals surface area contributed by atoms with E-state index in [2.05, 4.69) is 20.8 Å². The molecule has 1 saturated heterocycles. The second-order valence-electron chi connectivity index (χ2n) is 5.30. The van der Waals surface area contributed by atoms with Crippen LogP contribution >= 0.6 is 23.5 Å². The molecule has 0 atom stereocenters. The lowest BCUT2D eigenvalue weighted by Gasteiger charge is -2.23. The van der Waals surface area contributed by atoms with Crippen molar-refractivity contribution in [2.24, 2.45) is 5.41 Å². The molecule has 0 N–H and O–H groups in total. The molecule has 0 aromatic heterocycles. The van der Waals surface area contributed by atoms with Crippen LogP contribution in [0.4, 0.5) is 0 Å². The molecule has 3 heteroatoms. The summed E-state index contributed by atoms with van der Waals surface area (Å²) in [6, 6.07) is 9.60. The van der Waals surface area contributed by atoms with E-state index in [1.54, 1.807) is 0 Å². The van der Waals surface area contributed by atoms with Gasteiger partial charge in [0, 0.05) is 26.9 Å². The molecular formula is C15H18OS2. The van der Waals surface area contributed by atoms with Crippen molar-refractivity contribution in [2.75, 3.05) is 11.5 Å². The molecule has 1 heterocycles. The first kappa shape index (κ1) is 13.8. The molecule has 0 aliphatic carbocycles. The molecule has 1 aromatic rings. The molecule has 2 rings (SSSR count). The van der Waals surface area contributed by atoms with E-state index in [0.29, 0.717) is 0 Å². The van der Waals surface area contributed by atoms with Gasteiger partial charge in [-0.05, 0) is 5.41 Å². The highest BCUT2D eigenvalue weighted by Crippen LogP contribution is 2.44. The Hall–Kier alpha value is -0.670. The maximum atomic E-state index is 12.7. The summed E-state index contributed by atoms with van der Waals surface area (Å²) in [5.41, 5.74) is 1.66. The van der Waals surface area contributed by atoms with Gasteiger partial charge in [-0.2, -0.15) is 0 Å². The minimum atomic E-state index is -0.105. The Bertz CT molecular complexity index is 461. The standard InChI is InChI=1S/C15H18OS2/c1-15(2,3)12(14-17-9-10-18-14)13(16)11-7-5-4-6-8-11/h4-8H,9-10H2,1-3H3. The fraction of sp³-hybridized carbons (Fsp3) is 0.400. The molecule has 96 valence electrons. The molecule has 0 saturated carbocycles. The Balaban J connectivity index is 2.43. The maximum absolute atomic E-state index is 12.7. The number of ketones is 1. The molecule has 1 aromatic carbocycles. The lowest BCUT2D eigenvalue weighted by atomic mass is 9.83. The van der Waals surface area contributed by atoms with Gasteiger partial charge in [0.25, 0.3) is 0 Å². The van der Waals surface area contributed by atoms with Gasteiger partial charge in [-0.15, -0.1) is 23.5 Å². The third-order valence-electron chi connectivity index (χ3n) is 2.77. The van der Waals surface area contributed by atoms with Gasteiger partial charge in [0.2, 0.25) is 0 Å². The van der Waals surface area contributed by atoms with E-state index in [1.165, 1.54) is 4.24 Å². The Morgan fingerprint density at radius 2 is 1.61 bits per heavy atom. The summed E-state index contributed by atoms with van der Waals surface area (Å²) in [5, 5.41) is 0. The van der Waals surface area contributed by atoms with Crippen LogP contribution in [-0.4, -0.2) is 17.3 Å². The molecule has 0 bridgehead atoms. The van der Waals surface area contributed by atoms with E-state index in [0.717, 1.165) is 22.6 Å². The van der Waals surface area contributed by atoms with Crippen molar-refractivity contribution in [3.8, 4) is 0 Å². The van der Waals surface area contributed by atoms with E-state index in [1.807, 2.05) is 53.9 Å². The minimum Gasteiger partial charge on any atom is -0.289 e. The van der Waals surface area contributed by atoms with Crippen LogP contribution in [0.1, 0.15) is 31.1 Å². The van der Waals surface area contributed by atoms with Gasteiger partial charge in [0.15, 0.2) is 5.78 Å². The van der Waals surface area contributed by atoms with Crippen molar-refractivity contribution in [2.45, 2.75) is 20.8 Å². The van der Waals surface area contributed by atoms with Gasteiger partial charge < -0.3 is 0 Å². The van der Waals surface area contributed by atoms with E-state index in [-0.39, 0.29) is 11.2 Å². The van der Waals surface area contributed by atoms with Crippen molar-refractivity contribution in [1.29, 1.82) is 0 Å². The Morgan fingerprint density at radius 1 is 1.06 bits per heavy atom. The molecule has 0 amide bonds. The number of rotatable bonds is 2. The highest BCUT2D eigenvalue weighted by molar-refractivity contribution is 8.25. The molecule has 0 unspecified atom stereocenters. The van der Waals surface area contributed by atoms with Crippen LogP contribution in [0.3, 0.4) is 0 Å². The number of allylic oxidation sites excluding steroid dienone is 1. The Morgan fingerprint density at radius 3 is 2.11 bits per heavy atom. The fourth-order valence-electron chi connectivity index (χ4n) is 1.93. The van der Waals surface area contributed by atoms with Crippen molar-refractivity contribution in [1.82, 2.24) is 0 Å². The average Bonchev–Trinajstić information content (AvgIpc) is 2.82. The Kier molecular flexibility index (Phi) is 4.23. The number of Topliss-reactive ketones (excluding diaryl/α,β-unsaturated/α-hetero) is 1. The summed E-state index contributed by atoms with van der Waals surface area (Å²) in [4.78, 5) is 12.7. The summed E-state index contributed by atoms with van der Waals surface area (Å²) in [5.74, 6) is 2.41. The Labute approximate surface area is 117 Å². The highest BCUT2D eigenvalue weighted by atomic mass is 32.2. The van der Waals surface area contributed by atoms with Gasteiger partial charge in [0.1, 0.15) is 0 Å². The van der Waals surface area contributed by atoms with Crippen molar-refractivity contribution < 1.29 is 4.79 Å². The predicted molar refractivity (Wildman–Crippen MR) is 82.2 cm³/mol. The zero-order valence-electron chi connectivity index (χ0n) is 11.0. The first-order valence-electron chi connectivity index (χ1n) is 6.10. The van der Waals surface area contributed by atoms with Crippen LogP contribution in [0.2, 0.25) is 0 Å². The summed E-state index contributed by atoms with van der Waals surface area (Å²) in [7, 11) is 0. The fourth-order valence-corrected chi connectivity index (χ4v) is 4.89. The number of carbonyl (C=O) groups excluding carboxylic acids is 1. The number of hydrogen-bond acceptors (Lipinski definition) is 3. The van der Waals surface area contributed by atoms with Gasteiger partial charge in [-0.3, -0.25) is 4.79 Å². The molecule has 18 heavy (non-hydrogen) atoms. The van der Waals surface area contributed by atoms with E-state index >= 15 is 0 Å². The van der Waals surface area contributed by atoms with Crippen molar-refractivity contribution in [3.05, 3.63) is 45.7 Å². The average molecular weight is 278 g/mol. The van der Waals surface area contributed by atoms with E-state index in [9.17, 15) is 4.79 Å². The van der Waals surface area contributed by atoms with E-state index < -0.39 is 0 Å². The number of hydrogen-bond donors (Lipinski definition) is 0. The number of benzene rings is 1. The van der Waals surface area contributed by atoms with Gasteiger partial charge >= 0.3 is 0 Å². The zero-order valence-corrected chi connectivity index (χ0v) is 12.7. The lowest BCUT2D eigenvalue weighted by Crippen LogP contribution is -2.19. The third kappa shape index (κ3) is 3.01. The summed E-state index contributed by atoms with van der Waals surface area (Å²) in [6.07, 6.45) is 0. The molecule has 1 nitrogen and oxygen atoms in total. The SMILES string of the molecule is CC(C)(C)C(C(=O)c1ccccc1)=C1SCCS1. The topological polar surface area (TPSA) is 17.1 Å². The predicted octanol–water partition coefficient (Wildman–Crippen LogP) is 4.61. The van der Waals surface area contributed by atoms with Crippen LogP contribution in [-0.2, 0) is 0 Å². The van der Waals surface area contributed by atoms with E-state index in [4.69, 9.17) is 0 Å². The monoisotopic (exact) mass is 278 g/mol. The lowest BCUT2D eigenvalue weighted by molar-refractivity contribution is 0.101. The second-order valence-corrected chi connectivity index (χ2v) is 7.77. The van der Waals surface area contributed by atoms with Gasteiger partial charge in [-0.1, -0.05) is 51.1 Å². The quantitative estimate of drug-likeness (QED) is 0.581. The maximum Gasteiger partial charge on any atom is 0.191 e. The molecule has 1 aliphatic heterocycles. The smallest absolute Gasteiger partial charge is 0.191 e. The minimum absolute atomic E-state index is 0.105. The second kappa shape index (κ2) is 5.54. The van der Waals surface area contributed by atoms with Crippen molar-refractivity contribution >= 4 is 29.3 Å². The van der Waals surface area contributed by atoms with Crippen LogP contribution in [0.5, 0.6) is 0 Å². The van der Waals surface area contributed by atoms with Crippen molar-refractivity contribution in [3.63, 3.8) is 0 Å². The number of carbonyl (C=O) groups is 1. The zero-order chi connectivity index (χ0) is 13.2. The normalized spacial score (nSPS) is 15.8. The molecule has 0 radical (unpaired) electrons. The molecule has 0 spiro atoms. The molecular weight excluding hydrogens is 260 g/mol. The summed E-state index contributed by atoms with van der Waals surface area (Å²) >= 11 is 3.64. The molecule has 1 fully saturated rings. The first-order chi connectivity index (χ1) is 8.50. The van der Waals surface area contributed by atoms with Crippen LogP contribution in [0, 0.1) is 5.41 Å². The van der Waals surface area contributed by atoms with Crippen LogP contribution in [0.15, 0.2) is 40.1 Å². The largest absolute Gasteiger partial charge is 0.289 e. The number of thioether (sulfide) groups is 2. The van der Waals surface area contributed by atoms with Gasteiger partial charge in [-0.25, -0.2) is 0 Å². The van der Waals surface area contributed by atoms with Crippen LogP contribution < -0.4 is 0 Å². The van der Waals surface area contributed by atoms with Crippen LogP contribution in [0.25, 0.3) is 0 Å². The third-order valence-corrected chi connectivity index (χ3v) is 5.48. The highest BCUT2D eigenvalue weighted by Gasteiger charge is 2.30. The molecule has 1 aliphatic rings. The first-order valence-corrected chi connectivity index (χ1v) is 8.07. The summed E-state index contributed by atoms with van der Waals surface area (Å²) in [6.45, 7) is 6.36.